The van der Waals surface area contributed by atoms with E-state index in [0.29, 0.717) is 24.5 Å². The van der Waals surface area contributed by atoms with Gasteiger partial charge in [-0.3, -0.25) is 0 Å². The largest absolute Gasteiger partial charge is 0.463 e. The van der Waals surface area contributed by atoms with Crippen LogP contribution in [0.25, 0.3) is 0 Å². The van der Waals surface area contributed by atoms with Gasteiger partial charge in [0.1, 0.15) is 0 Å². The third-order valence-corrected chi connectivity index (χ3v) is 2.31. The number of aromatic nitrogens is 3. The predicted molar refractivity (Wildman–Crippen MR) is 72.8 cm³/mol. The minimum Gasteiger partial charge on any atom is -0.463 e. The van der Waals surface area contributed by atoms with Gasteiger partial charge in [-0.2, -0.15) is 15.0 Å². The van der Waals surface area contributed by atoms with Gasteiger partial charge >= 0.3 is 6.01 Å². The fraction of sp³-hybridized carbons (Fsp3) is 0.750. The maximum Gasteiger partial charge on any atom is 0.323 e. The first-order chi connectivity index (χ1) is 8.56. The minimum atomic E-state index is 0.202. The summed E-state index contributed by atoms with van der Waals surface area (Å²) in [4.78, 5) is 14.5. The summed E-state index contributed by atoms with van der Waals surface area (Å²) >= 11 is 0. The second-order valence-electron chi connectivity index (χ2n) is 4.56. The quantitative estimate of drug-likeness (QED) is 0.797. The fourth-order valence-electron chi connectivity index (χ4n) is 1.55. The molecule has 6 nitrogen and oxygen atoms in total. The van der Waals surface area contributed by atoms with Gasteiger partial charge in [0.25, 0.3) is 0 Å². The second-order valence-corrected chi connectivity index (χ2v) is 4.56. The SMILES string of the molecule is CCCOc1nc(N)nc(N(CC)CC(C)C)n1. The zero-order valence-electron chi connectivity index (χ0n) is 11.7. The van der Waals surface area contributed by atoms with Gasteiger partial charge in [-0.25, -0.2) is 0 Å². The van der Waals surface area contributed by atoms with E-state index in [4.69, 9.17) is 10.5 Å². The van der Waals surface area contributed by atoms with Gasteiger partial charge in [-0.05, 0) is 19.3 Å². The lowest BCUT2D eigenvalue weighted by atomic mass is 10.2. The van der Waals surface area contributed by atoms with E-state index in [9.17, 15) is 0 Å². The third-order valence-electron chi connectivity index (χ3n) is 2.31. The number of hydrogen-bond donors (Lipinski definition) is 1. The van der Waals surface area contributed by atoms with Gasteiger partial charge in [0, 0.05) is 13.1 Å². The van der Waals surface area contributed by atoms with Crippen molar-refractivity contribution in [3.05, 3.63) is 0 Å². The van der Waals surface area contributed by atoms with Crippen LogP contribution in [0.15, 0.2) is 0 Å². The Labute approximate surface area is 109 Å². The number of nitrogen functional groups attached to an aromatic ring is 1. The van der Waals surface area contributed by atoms with Crippen molar-refractivity contribution in [2.45, 2.75) is 34.1 Å². The summed E-state index contributed by atoms with van der Waals surface area (Å²) in [5.74, 6) is 1.32. The zero-order valence-corrected chi connectivity index (χ0v) is 11.7. The summed E-state index contributed by atoms with van der Waals surface area (Å²) in [7, 11) is 0. The molecular formula is C12H23N5O. The van der Waals surface area contributed by atoms with E-state index >= 15 is 0 Å². The molecule has 0 fully saturated rings. The molecule has 0 aromatic carbocycles. The topological polar surface area (TPSA) is 77.2 Å². The van der Waals surface area contributed by atoms with Crippen molar-refractivity contribution in [2.75, 3.05) is 30.3 Å². The van der Waals surface area contributed by atoms with Crippen LogP contribution in [0, 0.1) is 5.92 Å². The summed E-state index contributed by atoms with van der Waals surface area (Å²) in [5, 5.41) is 0. The van der Waals surface area contributed by atoms with E-state index < -0.39 is 0 Å². The van der Waals surface area contributed by atoms with Gasteiger partial charge in [0.05, 0.1) is 6.61 Å². The first kappa shape index (κ1) is 14.5. The van der Waals surface area contributed by atoms with Crippen molar-refractivity contribution in [2.24, 2.45) is 5.92 Å². The molecule has 0 aliphatic rings. The number of ether oxygens (including phenoxy) is 1. The predicted octanol–water partition coefficient (Wildman–Crippen LogP) is 1.72. The highest BCUT2D eigenvalue weighted by Gasteiger charge is 2.13. The lowest BCUT2D eigenvalue weighted by Gasteiger charge is -2.22. The smallest absolute Gasteiger partial charge is 0.323 e. The molecule has 2 N–H and O–H groups in total. The molecule has 1 aromatic rings. The molecule has 0 radical (unpaired) electrons. The maximum absolute atomic E-state index is 5.69. The molecule has 1 rings (SSSR count). The Morgan fingerprint density at radius 3 is 2.50 bits per heavy atom. The molecule has 0 unspecified atom stereocenters. The van der Waals surface area contributed by atoms with E-state index in [0.717, 1.165) is 19.5 Å². The molecule has 0 saturated carbocycles. The summed E-state index contributed by atoms with van der Waals surface area (Å²) in [6.45, 7) is 10.7. The fourth-order valence-corrected chi connectivity index (χ4v) is 1.55. The van der Waals surface area contributed by atoms with Crippen molar-refractivity contribution in [1.82, 2.24) is 15.0 Å². The van der Waals surface area contributed by atoms with Crippen molar-refractivity contribution in [3.8, 4) is 6.01 Å². The molecule has 0 spiro atoms. The molecule has 0 bridgehead atoms. The molecule has 102 valence electrons. The van der Waals surface area contributed by atoms with E-state index in [1.807, 2.05) is 6.92 Å². The number of anilines is 2. The van der Waals surface area contributed by atoms with Crippen LogP contribution in [-0.4, -0.2) is 34.6 Å². The zero-order chi connectivity index (χ0) is 13.5. The average Bonchev–Trinajstić information content (AvgIpc) is 2.32. The van der Waals surface area contributed by atoms with Crippen molar-refractivity contribution < 1.29 is 4.74 Å². The molecular weight excluding hydrogens is 230 g/mol. The van der Waals surface area contributed by atoms with Gasteiger partial charge in [-0.15, -0.1) is 0 Å². The molecule has 0 saturated heterocycles. The molecule has 6 heteroatoms. The lowest BCUT2D eigenvalue weighted by Crippen LogP contribution is -2.29. The lowest BCUT2D eigenvalue weighted by molar-refractivity contribution is 0.292. The molecule has 1 heterocycles. The Balaban J connectivity index is 2.88. The van der Waals surface area contributed by atoms with Gasteiger partial charge in [-0.1, -0.05) is 20.8 Å². The van der Waals surface area contributed by atoms with Gasteiger partial charge in [0.15, 0.2) is 0 Å². The standard InChI is InChI=1S/C12H23N5O/c1-5-7-18-12-15-10(13)14-11(16-12)17(6-2)8-9(3)4/h9H,5-8H2,1-4H3,(H2,13,14,15,16). The summed E-state index contributed by atoms with van der Waals surface area (Å²) in [6, 6.07) is 0.307. The first-order valence-electron chi connectivity index (χ1n) is 6.46. The average molecular weight is 253 g/mol. The summed E-state index contributed by atoms with van der Waals surface area (Å²) in [6.07, 6.45) is 0.907. The molecule has 0 amide bonds. The number of nitrogens with zero attached hydrogens (tertiary/aromatic N) is 4. The van der Waals surface area contributed by atoms with Gasteiger partial charge < -0.3 is 15.4 Å². The monoisotopic (exact) mass is 253 g/mol. The molecule has 18 heavy (non-hydrogen) atoms. The normalized spacial score (nSPS) is 10.7. The van der Waals surface area contributed by atoms with Crippen LogP contribution in [0.1, 0.15) is 34.1 Å². The molecule has 0 aliphatic carbocycles. The second kappa shape index (κ2) is 6.98. The Hall–Kier alpha value is -1.59. The minimum absolute atomic E-state index is 0.202. The van der Waals surface area contributed by atoms with Crippen molar-refractivity contribution in [1.29, 1.82) is 0 Å². The van der Waals surface area contributed by atoms with Crippen LogP contribution in [-0.2, 0) is 0 Å². The highest BCUT2D eigenvalue weighted by molar-refractivity contribution is 5.35. The van der Waals surface area contributed by atoms with Crippen LogP contribution in [0.5, 0.6) is 6.01 Å². The van der Waals surface area contributed by atoms with E-state index in [1.54, 1.807) is 0 Å². The maximum atomic E-state index is 5.69. The Morgan fingerprint density at radius 2 is 1.94 bits per heavy atom. The third kappa shape index (κ3) is 4.35. The van der Waals surface area contributed by atoms with Crippen LogP contribution >= 0.6 is 0 Å². The van der Waals surface area contributed by atoms with Crippen LogP contribution in [0.3, 0.4) is 0 Å². The molecule has 0 atom stereocenters. The van der Waals surface area contributed by atoms with Crippen molar-refractivity contribution >= 4 is 11.9 Å². The molecule has 1 aromatic heterocycles. The van der Waals surface area contributed by atoms with E-state index in [1.165, 1.54) is 0 Å². The Morgan fingerprint density at radius 1 is 1.22 bits per heavy atom. The van der Waals surface area contributed by atoms with Crippen LogP contribution in [0.2, 0.25) is 0 Å². The Kier molecular flexibility index (Phi) is 5.61. The highest BCUT2D eigenvalue weighted by atomic mass is 16.5. The first-order valence-corrected chi connectivity index (χ1v) is 6.46. The van der Waals surface area contributed by atoms with Crippen LogP contribution < -0.4 is 15.4 Å². The number of hydrogen-bond acceptors (Lipinski definition) is 6. The Bertz CT molecular complexity index is 369. The summed E-state index contributed by atoms with van der Waals surface area (Å²) < 4.78 is 5.41. The van der Waals surface area contributed by atoms with Crippen LogP contribution in [0.4, 0.5) is 11.9 Å². The summed E-state index contributed by atoms with van der Waals surface area (Å²) in [5.41, 5.74) is 5.69. The molecule has 0 aliphatic heterocycles. The number of rotatable bonds is 7. The number of nitrogens with two attached hydrogens (primary N) is 1. The van der Waals surface area contributed by atoms with E-state index in [2.05, 4.69) is 40.6 Å². The van der Waals surface area contributed by atoms with E-state index in [-0.39, 0.29) is 5.95 Å². The van der Waals surface area contributed by atoms with Crippen molar-refractivity contribution in [3.63, 3.8) is 0 Å². The highest BCUT2D eigenvalue weighted by Crippen LogP contribution is 2.14. The van der Waals surface area contributed by atoms with Gasteiger partial charge in [0.2, 0.25) is 11.9 Å².